The highest BCUT2D eigenvalue weighted by Crippen LogP contribution is 2.22. The van der Waals surface area contributed by atoms with Crippen LogP contribution in [0, 0.1) is 6.92 Å². The van der Waals surface area contributed by atoms with Crippen molar-refractivity contribution in [2.45, 2.75) is 32.7 Å². The van der Waals surface area contributed by atoms with Crippen LogP contribution in [0.1, 0.15) is 35.2 Å². The van der Waals surface area contributed by atoms with Crippen LogP contribution in [0.25, 0.3) is 0 Å². The molecule has 4 nitrogen and oxygen atoms in total. The summed E-state index contributed by atoms with van der Waals surface area (Å²) in [6.45, 7) is 4.80. The number of hydrogen-bond acceptors (Lipinski definition) is 3. The normalized spacial score (nSPS) is 12.3. The summed E-state index contributed by atoms with van der Waals surface area (Å²) in [5.41, 5.74) is 4.31. The second kappa shape index (κ2) is 6.65. The molecule has 23 heavy (non-hydrogen) atoms. The second-order valence-corrected chi connectivity index (χ2v) is 6.05. The number of phenols is 1. The number of aromatic nitrogens is 3. The van der Waals surface area contributed by atoms with Gasteiger partial charge in [-0.1, -0.05) is 54.6 Å². The van der Waals surface area contributed by atoms with Gasteiger partial charge in [0.05, 0.1) is 12.2 Å². The van der Waals surface area contributed by atoms with Gasteiger partial charge in [-0.25, -0.2) is 4.68 Å². The highest BCUT2D eigenvalue weighted by Gasteiger charge is 2.12. The van der Waals surface area contributed by atoms with Crippen molar-refractivity contribution in [3.63, 3.8) is 0 Å². The van der Waals surface area contributed by atoms with Crippen molar-refractivity contribution in [2.75, 3.05) is 0 Å². The Morgan fingerprint density at radius 3 is 2.61 bits per heavy atom. The van der Waals surface area contributed by atoms with Crippen molar-refractivity contribution in [1.29, 1.82) is 0 Å². The molecule has 4 heteroatoms. The fourth-order valence-electron chi connectivity index (χ4n) is 2.69. The van der Waals surface area contributed by atoms with Crippen LogP contribution >= 0.6 is 0 Å². The Morgan fingerprint density at radius 2 is 1.87 bits per heavy atom. The minimum Gasteiger partial charge on any atom is -0.508 e. The molecule has 118 valence electrons. The molecule has 1 N–H and O–H groups in total. The van der Waals surface area contributed by atoms with E-state index in [1.54, 1.807) is 6.07 Å². The van der Waals surface area contributed by atoms with E-state index in [-0.39, 0.29) is 5.92 Å². The van der Waals surface area contributed by atoms with Crippen LogP contribution in [-0.2, 0) is 13.0 Å². The van der Waals surface area contributed by atoms with E-state index in [1.165, 1.54) is 11.1 Å². The summed E-state index contributed by atoms with van der Waals surface area (Å²) in [4.78, 5) is 0. The van der Waals surface area contributed by atoms with Gasteiger partial charge in [-0.3, -0.25) is 0 Å². The molecule has 1 unspecified atom stereocenters. The lowest BCUT2D eigenvalue weighted by Crippen LogP contribution is -2.00. The minimum absolute atomic E-state index is 0.281. The van der Waals surface area contributed by atoms with Crippen LogP contribution in [0.5, 0.6) is 5.75 Å². The van der Waals surface area contributed by atoms with Crippen molar-refractivity contribution in [3.8, 4) is 5.75 Å². The quantitative estimate of drug-likeness (QED) is 0.782. The van der Waals surface area contributed by atoms with E-state index in [2.05, 4.69) is 29.4 Å². The van der Waals surface area contributed by atoms with Crippen LogP contribution in [0.15, 0.2) is 54.7 Å². The van der Waals surface area contributed by atoms with Crippen LogP contribution in [-0.4, -0.2) is 20.1 Å². The number of aromatic hydroxyl groups is 1. The Kier molecular flexibility index (Phi) is 4.42. The van der Waals surface area contributed by atoms with Crippen molar-refractivity contribution in [2.24, 2.45) is 0 Å². The number of rotatable bonds is 5. The lowest BCUT2D eigenvalue weighted by atomic mass is 9.97. The van der Waals surface area contributed by atoms with Crippen molar-refractivity contribution in [1.82, 2.24) is 15.0 Å². The maximum Gasteiger partial charge on any atom is 0.118 e. The van der Waals surface area contributed by atoms with Crippen LogP contribution in [0.4, 0.5) is 0 Å². The van der Waals surface area contributed by atoms with E-state index < -0.39 is 0 Å². The van der Waals surface area contributed by atoms with E-state index in [0.29, 0.717) is 5.75 Å². The average Bonchev–Trinajstić information content (AvgIpc) is 3.00. The highest BCUT2D eigenvalue weighted by atomic mass is 16.3. The van der Waals surface area contributed by atoms with Gasteiger partial charge < -0.3 is 5.11 Å². The third-order valence-corrected chi connectivity index (χ3v) is 4.05. The largest absolute Gasteiger partial charge is 0.508 e. The van der Waals surface area contributed by atoms with Gasteiger partial charge in [-0.15, -0.1) is 5.10 Å². The maximum atomic E-state index is 9.61. The molecular formula is C19H21N3O. The summed E-state index contributed by atoms with van der Waals surface area (Å²) in [7, 11) is 0. The molecule has 0 spiro atoms. The molecule has 3 aromatic rings. The summed E-state index contributed by atoms with van der Waals surface area (Å²) in [5, 5.41) is 18.2. The van der Waals surface area contributed by atoms with Crippen molar-refractivity contribution in [3.05, 3.63) is 77.1 Å². The van der Waals surface area contributed by atoms with E-state index in [4.69, 9.17) is 0 Å². The number of benzene rings is 2. The summed E-state index contributed by atoms with van der Waals surface area (Å²) < 4.78 is 1.88. The van der Waals surface area contributed by atoms with Crippen LogP contribution in [0.3, 0.4) is 0 Å². The Balaban J connectivity index is 1.68. The maximum absolute atomic E-state index is 9.61. The van der Waals surface area contributed by atoms with Gasteiger partial charge in [-0.2, -0.15) is 0 Å². The SMILES string of the molecule is Cc1cc(CC(C)c2cn(Cc3ccccc3)nn2)ccc1O. The third kappa shape index (κ3) is 3.77. The van der Waals surface area contributed by atoms with E-state index in [9.17, 15) is 5.11 Å². The molecule has 0 bridgehead atoms. The lowest BCUT2D eigenvalue weighted by Gasteiger charge is -2.09. The second-order valence-electron chi connectivity index (χ2n) is 6.05. The molecule has 1 atom stereocenters. The fraction of sp³-hybridized carbons (Fsp3) is 0.263. The zero-order chi connectivity index (χ0) is 16.2. The predicted octanol–water partition coefficient (Wildman–Crippen LogP) is 3.69. The number of phenolic OH excluding ortho intramolecular Hbond substituents is 1. The Hall–Kier alpha value is -2.62. The summed E-state index contributed by atoms with van der Waals surface area (Å²) in [5.74, 6) is 0.624. The molecule has 0 aliphatic carbocycles. The third-order valence-electron chi connectivity index (χ3n) is 4.05. The fourth-order valence-corrected chi connectivity index (χ4v) is 2.69. The predicted molar refractivity (Wildman–Crippen MR) is 90.5 cm³/mol. The Labute approximate surface area is 136 Å². The minimum atomic E-state index is 0.281. The Morgan fingerprint density at radius 1 is 1.09 bits per heavy atom. The molecule has 0 amide bonds. The van der Waals surface area contributed by atoms with Gasteiger partial charge in [-0.05, 0) is 36.1 Å². The monoisotopic (exact) mass is 307 g/mol. The molecule has 1 heterocycles. The van der Waals surface area contributed by atoms with E-state index >= 15 is 0 Å². The Bertz CT molecular complexity index is 780. The number of aryl methyl sites for hydroxylation is 1. The first-order chi connectivity index (χ1) is 11.1. The molecule has 0 radical (unpaired) electrons. The van der Waals surface area contributed by atoms with Crippen LogP contribution < -0.4 is 0 Å². The van der Waals surface area contributed by atoms with Crippen molar-refractivity contribution >= 4 is 0 Å². The highest BCUT2D eigenvalue weighted by molar-refractivity contribution is 5.35. The van der Waals surface area contributed by atoms with Gasteiger partial charge >= 0.3 is 0 Å². The first-order valence-corrected chi connectivity index (χ1v) is 7.84. The van der Waals surface area contributed by atoms with Gasteiger partial charge in [0, 0.05) is 12.1 Å². The summed E-state index contributed by atoms with van der Waals surface area (Å²) in [6.07, 6.45) is 2.90. The molecule has 1 aromatic heterocycles. The zero-order valence-corrected chi connectivity index (χ0v) is 13.5. The standard InChI is InChI=1S/C19H21N3O/c1-14(10-17-8-9-19(23)15(2)11-17)18-13-22(21-20-18)12-16-6-4-3-5-7-16/h3-9,11,13-14,23H,10,12H2,1-2H3. The number of nitrogens with zero attached hydrogens (tertiary/aromatic N) is 3. The van der Waals surface area contributed by atoms with Gasteiger partial charge in [0.2, 0.25) is 0 Å². The summed E-state index contributed by atoms with van der Waals surface area (Å²) in [6, 6.07) is 16.0. The molecule has 0 saturated heterocycles. The van der Waals surface area contributed by atoms with Gasteiger partial charge in [0.25, 0.3) is 0 Å². The van der Waals surface area contributed by atoms with Gasteiger partial charge in [0.15, 0.2) is 0 Å². The smallest absolute Gasteiger partial charge is 0.118 e. The molecule has 0 fully saturated rings. The van der Waals surface area contributed by atoms with Crippen LogP contribution in [0.2, 0.25) is 0 Å². The molecule has 2 aromatic carbocycles. The average molecular weight is 307 g/mol. The van der Waals surface area contributed by atoms with E-state index in [1.807, 2.05) is 48.1 Å². The lowest BCUT2D eigenvalue weighted by molar-refractivity contribution is 0.470. The summed E-state index contributed by atoms with van der Waals surface area (Å²) >= 11 is 0. The molecule has 0 aliphatic heterocycles. The molecule has 0 saturated carbocycles. The first kappa shape index (κ1) is 15.3. The molecular weight excluding hydrogens is 286 g/mol. The zero-order valence-electron chi connectivity index (χ0n) is 13.5. The van der Waals surface area contributed by atoms with E-state index in [0.717, 1.165) is 24.2 Å². The molecule has 0 aliphatic rings. The van der Waals surface area contributed by atoms with Crippen molar-refractivity contribution < 1.29 is 5.11 Å². The first-order valence-electron chi connectivity index (χ1n) is 7.84. The topological polar surface area (TPSA) is 50.9 Å². The molecule has 3 rings (SSSR count). The van der Waals surface area contributed by atoms with Gasteiger partial charge in [0.1, 0.15) is 5.75 Å². The number of hydrogen-bond donors (Lipinski definition) is 1.